The van der Waals surface area contributed by atoms with Crippen molar-refractivity contribution in [3.8, 4) is 0 Å². The van der Waals surface area contributed by atoms with Crippen LogP contribution in [0.2, 0.25) is 0 Å². The van der Waals surface area contributed by atoms with Crippen molar-refractivity contribution in [3.05, 3.63) is 35.1 Å². The van der Waals surface area contributed by atoms with Crippen molar-refractivity contribution < 1.29 is 4.39 Å². The highest BCUT2D eigenvalue weighted by atomic mass is 19.1. The second kappa shape index (κ2) is 4.64. The van der Waals surface area contributed by atoms with Crippen LogP contribution >= 0.6 is 0 Å². The van der Waals surface area contributed by atoms with Gasteiger partial charge in [0.05, 0.1) is 5.84 Å². The molecule has 0 spiro atoms. The zero-order chi connectivity index (χ0) is 11.5. The molecule has 2 nitrogen and oxygen atoms in total. The summed E-state index contributed by atoms with van der Waals surface area (Å²) in [7, 11) is 0. The molecular weight excluding hydrogens is 203 g/mol. The van der Waals surface area contributed by atoms with Crippen LogP contribution in [0, 0.1) is 12.7 Å². The maximum absolute atomic E-state index is 13.4. The molecule has 0 bridgehead atoms. The van der Waals surface area contributed by atoms with E-state index in [0.717, 1.165) is 30.8 Å². The van der Waals surface area contributed by atoms with Gasteiger partial charge in [-0.05, 0) is 37.5 Å². The van der Waals surface area contributed by atoms with Crippen molar-refractivity contribution in [2.75, 3.05) is 6.54 Å². The Morgan fingerprint density at radius 2 is 2.25 bits per heavy atom. The Morgan fingerprint density at radius 3 is 2.88 bits per heavy atom. The second-order valence-electron chi connectivity index (χ2n) is 4.31. The maximum atomic E-state index is 13.4. The molecule has 1 aromatic carbocycles. The van der Waals surface area contributed by atoms with Gasteiger partial charge in [0, 0.05) is 19.0 Å². The normalized spacial score (nSPS) is 17.1. The van der Waals surface area contributed by atoms with E-state index in [9.17, 15) is 4.39 Å². The number of hydrogen-bond donors (Lipinski definition) is 1. The fourth-order valence-electron chi connectivity index (χ4n) is 1.87. The van der Waals surface area contributed by atoms with Crippen LogP contribution in [0.4, 0.5) is 4.39 Å². The van der Waals surface area contributed by atoms with Gasteiger partial charge < -0.3 is 5.32 Å². The van der Waals surface area contributed by atoms with Crippen LogP contribution in [0.5, 0.6) is 0 Å². The van der Waals surface area contributed by atoms with E-state index in [1.54, 1.807) is 13.0 Å². The minimum atomic E-state index is -0.139. The van der Waals surface area contributed by atoms with E-state index in [2.05, 4.69) is 10.3 Å². The van der Waals surface area contributed by atoms with Gasteiger partial charge in [0.2, 0.25) is 0 Å². The van der Waals surface area contributed by atoms with Crippen LogP contribution in [0.25, 0.3) is 0 Å². The van der Waals surface area contributed by atoms with Crippen molar-refractivity contribution in [1.82, 2.24) is 5.32 Å². The van der Waals surface area contributed by atoms with Crippen molar-refractivity contribution in [3.63, 3.8) is 0 Å². The molecule has 3 heteroatoms. The summed E-state index contributed by atoms with van der Waals surface area (Å²) in [6.45, 7) is 4.72. The lowest BCUT2D eigenvalue weighted by Crippen LogP contribution is -2.25. The monoisotopic (exact) mass is 220 g/mol. The lowest BCUT2D eigenvalue weighted by molar-refractivity contribution is 0.609. The van der Waals surface area contributed by atoms with Gasteiger partial charge >= 0.3 is 0 Å². The van der Waals surface area contributed by atoms with Gasteiger partial charge in [0.1, 0.15) is 5.82 Å². The summed E-state index contributed by atoms with van der Waals surface area (Å²) < 4.78 is 13.4. The predicted molar refractivity (Wildman–Crippen MR) is 64.2 cm³/mol. The summed E-state index contributed by atoms with van der Waals surface area (Å²) in [4.78, 5) is 4.35. The molecule has 0 fully saturated rings. The van der Waals surface area contributed by atoms with Crippen LogP contribution in [0.1, 0.15) is 36.9 Å². The van der Waals surface area contributed by atoms with Gasteiger partial charge in [-0.1, -0.05) is 12.1 Å². The van der Waals surface area contributed by atoms with Crippen LogP contribution in [0.3, 0.4) is 0 Å². The lowest BCUT2D eigenvalue weighted by Gasteiger charge is -2.15. The zero-order valence-corrected chi connectivity index (χ0v) is 9.76. The summed E-state index contributed by atoms with van der Waals surface area (Å²) in [6.07, 6.45) is 2.13. The Balaban J connectivity index is 2.08. The van der Waals surface area contributed by atoms with E-state index < -0.39 is 0 Å². The molecule has 16 heavy (non-hydrogen) atoms. The Bertz CT molecular complexity index is 412. The van der Waals surface area contributed by atoms with E-state index in [1.165, 1.54) is 0 Å². The number of nitrogens with one attached hydrogen (secondary N) is 1. The Hall–Kier alpha value is -1.38. The van der Waals surface area contributed by atoms with Gasteiger partial charge in [0.25, 0.3) is 0 Å². The van der Waals surface area contributed by atoms with Crippen molar-refractivity contribution >= 4 is 5.84 Å². The molecule has 86 valence electrons. The topological polar surface area (TPSA) is 24.4 Å². The number of nitrogens with zero attached hydrogens (tertiary/aromatic N) is 1. The summed E-state index contributed by atoms with van der Waals surface area (Å²) in [5.74, 6) is 0.910. The smallest absolute Gasteiger partial charge is 0.126 e. The number of amidine groups is 1. The number of rotatable bonds is 2. The summed E-state index contributed by atoms with van der Waals surface area (Å²) in [5, 5.41) is 3.33. The van der Waals surface area contributed by atoms with Crippen molar-refractivity contribution in [2.45, 2.75) is 32.7 Å². The van der Waals surface area contributed by atoms with Crippen LogP contribution in [0.15, 0.2) is 23.2 Å². The quantitative estimate of drug-likeness (QED) is 0.814. The molecule has 1 heterocycles. The molecular formula is C13H17FN2. The van der Waals surface area contributed by atoms with Crippen LogP contribution < -0.4 is 5.32 Å². The summed E-state index contributed by atoms with van der Waals surface area (Å²) >= 11 is 0. The van der Waals surface area contributed by atoms with E-state index in [0.29, 0.717) is 5.56 Å². The first-order valence-electron chi connectivity index (χ1n) is 5.73. The minimum Gasteiger partial charge on any atom is -0.367 e. The number of benzene rings is 1. The lowest BCUT2D eigenvalue weighted by atomic mass is 10.1. The molecule has 0 saturated carbocycles. The molecule has 1 aliphatic rings. The fraction of sp³-hybridized carbons (Fsp3) is 0.462. The zero-order valence-electron chi connectivity index (χ0n) is 9.76. The summed E-state index contributed by atoms with van der Waals surface area (Å²) in [5.41, 5.74) is 1.66. The van der Waals surface area contributed by atoms with Crippen molar-refractivity contribution in [2.24, 2.45) is 4.99 Å². The third-order valence-electron chi connectivity index (χ3n) is 2.95. The van der Waals surface area contributed by atoms with Gasteiger partial charge in [-0.2, -0.15) is 0 Å². The van der Waals surface area contributed by atoms with Gasteiger partial charge in [-0.15, -0.1) is 0 Å². The van der Waals surface area contributed by atoms with E-state index in [-0.39, 0.29) is 11.9 Å². The van der Waals surface area contributed by atoms with E-state index in [4.69, 9.17) is 0 Å². The fourth-order valence-corrected chi connectivity index (χ4v) is 1.87. The van der Waals surface area contributed by atoms with E-state index in [1.807, 2.05) is 19.1 Å². The molecule has 1 aromatic rings. The molecule has 0 aliphatic carbocycles. The first-order valence-corrected chi connectivity index (χ1v) is 5.73. The maximum Gasteiger partial charge on any atom is 0.126 e. The highest BCUT2D eigenvalue weighted by Gasteiger charge is 2.12. The third-order valence-corrected chi connectivity index (χ3v) is 2.95. The molecule has 1 atom stereocenters. The number of aliphatic imine (C=N–C) groups is 1. The molecule has 0 amide bonds. The predicted octanol–water partition coefficient (Wildman–Crippen LogP) is 2.98. The Morgan fingerprint density at radius 1 is 1.44 bits per heavy atom. The van der Waals surface area contributed by atoms with Gasteiger partial charge in [0.15, 0.2) is 0 Å². The molecule has 1 unspecified atom stereocenters. The largest absolute Gasteiger partial charge is 0.367 e. The Kier molecular flexibility index (Phi) is 3.22. The molecule has 2 rings (SSSR count). The van der Waals surface area contributed by atoms with Crippen LogP contribution in [-0.2, 0) is 0 Å². The molecule has 0 saturated heterocycles. The molecule has 0 radical (unpaired) electrons. The van der Waals surface area contributed by atoms with Gasteiger partial charge in [-0.25, -0.2) is 4.39 Å². The number of hydrogen-bond acceptors (Lipinski definition) is 2. The summed E-state index contributed by atoms with van der Waals surface area (Å²) in [6, 6.07) is 5.50. The first-order chi connectivity index (χ1) is 7.66. The average molecular weight is 220 g/mol. The SMILES string of the molecule is Cc1ccc(C(C)NC2=NCCC2)cc1F. The second-order valence-corrected chi connectivity index (χ2v) is 4.31. The minimum absolute atomic E-state index is 0.118. The number of halogens is 1. The molecule has 1 aliphatic heterocycles. The Labute approximate surface area is 95.6 Å². The highest BCUT2D eigenvalue weighted by Crippen LogP contribution is 2.17. The first kappa shape index (κ1) is 11.1. The van der Waals surface area contributed by atoms with Gasteiger partial charge in [-0.3, -0.25) is 4.99 Å². The third kappa shape index (κ3) is 2.40. The van der Waals surface area contributed by atoms with Crippen LogP contribution in [-0.4, -0.2) is 12.4 Å². The molecule has 1 N–H and O–H groups in total. The van der Waals surface area contributed by atoms with E-state index >= 15 is 0 Å². The average Bonchev–Trinajstić information content (AvgIpc) is 2.74. The highest BCUT2D eigenvalue weighted by molar-refractivity contribution is 5.83. The standard InChI is InChI=1S/C13H17FN2/c1-9-5-6-11(8-12(9)14)10(2)16-13-4-3-7-15-13/h5-6,8,10H,3-4,7H2,1-2H3,(H,15,16). The number of aryl methyl sites for hydroxylation is 1. The molecule has 0 aromatic heterocycles. The van der Waals surface area contributed by atoms with Crippen molar-refractivity contribution in [1.29, 1.82) is 0 Å².